The molecule has 0 unspecified atom stereocenters. The molecule has 122 valence electrons. The van der Waals surface area contributed by atoms with Crippen LogP contribution in [-0.4, -0.2) is 12.4 Å². The number of benzene rings is 2. The molecule has 0 N–H and O–H groups in total. The van der Waals surface area contributed by atoms with Gasteiger partial charge in [0.2, 0.25) is 0 Å². The van der Waals surface area contributed by atoms with Crippen molar-refractivity contribution in [3.8, 4) is 5.75 Å². The zero-order valence-electron chi connectivity index (χ0n) is 13.0. The highest BCUT2D eigenvalue weighted by atomic mass is 35.5. The summed E-state index contributed by atoms with van der Waals surface area (Å²) in [6.07, 6.45) is 0.204. The molecule has 1 aromatic heterocycles. The Kier molecular flexibility index (Phi) is 4.67. The highest BCUT2D eigenvalue weighted by molar-refractivity contribution is 6.31. The standard InChI is InChI=1S/C19H15ClO4/c1-12-10-13(6-7-15(12)20)16(21)8-9-23-18-11-19(22)24-17-5-3-2-4-14(17)18/h2-7,10-11H,8-9H2,1H3. The Balaban J connectivity index is 1.71. The Bertz CT molecular complexity index is 959. The first-order valence-corrected chi connectivity index (χ1v) is 7.87. The number of halogens is 1. The molecule has 5 heteroatoms. The van der Waals surface area contributed by atoms with Crippen molar-refractivity contribution in [2.24, 2.45) is 0 Å². The van der Waals surface area contributed by atoms with Crippen molar-refractivity contribution in [1.29, 1.82) is 0 Å². The normalized spacial score (nSPS) is 10.8. The van der Waals surface area contributed by atoms with Gasteiger partial charge in [-0.05, 0) is 42.8 Å². The molecule has 0 spiro atoms. The van der Waals surface area contributed by atoms with E-state index < -0.39 is 5.63 Å². The topological polar surface area (TPSA) is 56.5 Å². The van der Waals surface area contributed by atoms with E-state index in [9.17, 15) is 9.59 Å². The molecule has 0 aliphatic carbocycles. The summed E-state index contributed by atoms with van der Waals surface area (Å²) in [5, 5.41) is 1.33. The second-order valence-corrected chi connectivity index (χ2v) is 5.82. The lowest BCUT2D eigenvalue weighted by molar-refractivity contribution is 0.0962. The second kappa shape index (κ2) is 6.89. The Labute approximate surface area is 143 Å². The molecule has 0 aliphatic rings. The first-order chi connectivity index (χ1) is 11.5. The lowest BCUT2D eigenvalue weighted by Crippen LogP contribution is -2.08. The number of hydrogen-bond donors (Lipinski definition) is 0. The molecule has 0 amide bonds. The van der Waals surface area contributed by atoms with Crippen LogP contribution in [0.4, 0.5) is 0 Å². The van der Waals surface area contributed by atoms with Gasteiger partial charge in [0.25, 0.3) is 0 Å². The van der Waals surface area contributed by atoms with Crippen molar-refractivity contribution in [2.75, 3.05) is 6.61 Å². The van der Waals surface area contributed by atoms with Crippen molar-refractivity contribution >= 4 is 28.4 Å². The maximum absolute atomic E-state index is 12.2. The van der Waals surface area contributed by atoms with Crippen molar-refractivity contribution in [3.05, 3.63) is 75.1 Å². The fourth-order valence-electron chi connectivity index (χ4n) is 2.42. The smallest absolute Gasteiger partial charge is 0.339 e. The minimum absolute atomic E-state index is 0.0398. The number of rotatable bonds is 5. The quantitative estimate of drug-likeness (QED) is 0.509. The number of ketones is 1. The van der Waals surface area contributed by atoms with Gasteiger partial charge in [-0.3, -0.25) is 4.79 Å². The van der Waals surface area contributed by atoms with Gasteiger partial charge in [-0.15, -0.1) is 0 Å². The number of aryl methyl sites for hydroxylation is 1. The summed E-state index contributed by atoms with van der Waals surface area (Å²) in [7, 11) is 0. The molecular formula is C19H15ClO4. The van der Waals surface area contributed by atoms with Crippen LogP contribution >= 0.6 is 11.6 Å². The average Bonchev–Trinajstić information content (AvgIpc) is 2.57. The van der Waals surface area contributed by atoms with Gasteiger partial charge in [0, 0.05) is 17.0 Å². The van der Waals surface area contributed by atoms with Crippen LogP contribution in [0.5, 0.6) is 5.75 Å². The first-order valence-electron chi connectivity index (χ1n) is 7.49. The van der Waals surface area contributed by atoms with E-state index in [-0.39, 0.29) is 18.8 Å². The third kappa shape index (κ3) is 3.49. The second-order valence-electron chi connectivity index (χ2n) is 5.41. The largest absolute Gasteiger partial charge is 0.492 e. The van der Waals surface area contributed by atoms with Crippen LogP contribution in [0.1, 0.15) is 22.3 Å². The minimum Gasteiger partial charge on any atom is -0.492 e. The summed E-state index contributed by atoms with van der Waals surface area (Å²) in [6.45, 7) is 2.03. The molecule has 0 aliphatic heterocycles. The summed E-state index contributed by atoms with van der Waals surface area (Å²) in [4.78, 5) is 23.8. The van der Waals surface area contributed by atoms with Gasteiger partial charge < -0.3 is 9.15 Å². The lowest BCUT2D eigenvalue weighted by atomic mass is 10.1. The van der Waals surface area contributed by atoms with Gasteiger partial charge in [0.05, 0.1) is 18.1 Å². The third-order valence-corrected chi connectivity index (χ3v) is 4.10. The summed E-state index contributed by atoms with van der Waals surface area (Å²) >= 11 is 5.97. The Morgan fingerprint density at radius 1 is 1.17 bits per heavy atom. The van der Waals surface area contributed by atoms with Crippen LogP contribution in [0.25, 0.3) is 11.0 Å². The number of para-hydroxylation sites is 1. The molecule has 0 atom stereocenters. The maximum atomic E-state index is 12.2. The van der Waals surface area contributed by atoms with E-state index in [1.807, 2.05) is 13.0 Å². The molecule has 0 radical (unpaired) electrons. The third-order valence-electron chi connectivity index (χ3n) is 3.68. The van der Waals surface area contributed by atoms with E-state index in [2.05, 4.69) is 0 Å². The zero-order chi connectivity index (χ0) is 17.1. The van der Waals surface area contributed by atoms with Crippen LogP contribution < -0.4 is 10.4 Å². The summed E-state index contributed by atoms with van der Waals surface area (Å²) in [5.74, 6) is 0.379. The number of carbonyl (C=O) groups is 1. The van der Waals surface area contributed by atoms with Gasteiger partial charge in [-0.1, -0.05) is 23.7 Å². The molecule has 3 aromatic rings. The van der Waals surface area contributed by atoms with Crippen LogP contribution in [-0.2, 0) is 0 Å². The molecule has 1 heterocycles. The van der Waals surface area contributed by atoms with Gasteiger partial charge >= 0.3 is 5.63 Å². The van der Waals surface area contributed by atoms with Crippen molar-refractivity contribution in [2.45, 2.75) is 13.3 Å². The van der Waals surface area contributed by atoms with E-state index in [0.29, 0.717) is 27.3 Å². The SMILES string of the molecule is Cc1cc(C(=O)CCOc2cc(=O)oc3ccccc23)ccc1Cl. The van der Waals surface area contributed by atoms with Gasteiger partial charge in [0.15, 0.2) is 5.78 Å². The Morgan fingerprint density at radius 3 is 2.75 bits per heavy atom. The lowest BCUT2D eigenvalue weighted by Gasteiger charge is -2.08. The fraction of sp³-hybridized carbons (Fsp3) is 0.158. The molecule has 0 bridgehead atoms. The number of hydrogen-bond acceptors (Lipinski definition) is 4. The molecule has 0 saturated heterocycles. The maximum Gasteiger partial charge on any atom is 0.339 e. The van der Waals surface area contributed by atoms with Crippen LogP contribution in [0.2, 0.25) is 5.02 Å². The van der Waals surface area contributed by atoms with E-state index in [1.54, 1.807) is 36.4 Å². The zero-order valence-corrected chi connectivity index (χ0v) is 13.8. The Morgan fingerprint density at radius 2 is 1.96 bits per heavy atom. The minimum atomic E-state index is -0.483. The molecule has 0 fully saturated rings. The summed E-state index contributed by atoms with van der Waals surface area (Å²) in [6, 6.07) is 13.6. The monoisotopic (exact) mass is 342 g/mol. The van der Waals surface area contributed by atoms with E-state index in [4.69, 9.17) is 20.8 Å². The fourth-order valence-corrected chi connectivity index (χ4v) is 2.53. The van der Waals surface area contributed by atoms with Gasteiger partial charge in [0.1, 0.15) is 11.3 Å². The molecule has 0 saturated carbocycles. The highest BCUT2D eigenvalue weighted by Gasteiger charge is 2.10. The predicted molar refractivity (Wildman–Crippen MR) is 93.1 cm³/mol. The van der Waals surface area contributed by atoms with Crippen LogP contribution in [0.3, 0.4) is 0 Å². The average molecular weight is 343 g/mol. The summed E-state index contributed by atoms with van der Waals surface area (Å²) in [5.41, 5.74) is 1.43. The molecular weight excluding hydrogens is 328 g/mol. The van der Waals surface area contributed by atoms with Crippen molar-refractivity contribution in [1.82, 2.24) is 0 Å². The van der Waals surface area contributed by atoms with Gasteiger partial charge in [-0.25, -0.2) is 4.79 Å². The van der Waals surface area contributed by atoms with E-state index >= 15 is 0 Å². The number of carbonyl (C=O) groups excluding carboxylic acids is 1. The first kappa shape index (κ1) is 16.3. The molecule has 2 aromatic carbocycles. The summed E-state index contributed by atoms with van der Waals surface area (Å²) < 4.78 is 10.7. The molecule has 3 rings (SSSR count). The van der Waals surface area contributed by atoms with E-state index in [0.717, 1.165) is 5.56 Å². The van der Waals surface area contributed by atoms with E-state index in [1.165, 1.54) is 6.07 Å². The predicted octanol–water partition coefficient (Wildman–Crippen LogP) is 4.41. The Hall–Kier alpha value is -2.59. The van der Waals surface area contributed by atoms with Crippen LogP contribution in [0, 0.1) is 6.92 Å². The molecule has 4 nitrogen and oxygen atoms in total. The highest BCUT2D eigenvalue weighted by Crippen LogP contribution is 2.23. The molecule has 24 heavy (non-hydrogen) atoms. The number of ether oxygens (including phenoxy) is 1. The van der Waals surface area contributed by atoms with Gasteiger partial charge in [-0.2, -0.15) is 0 Å². The van der Waals surface area contributed by atoms with Crippen molar-refractivity contribution < 1.29 is 13.9 Å². The van der Waals surface area contributed by atoms with Crippen LogP contribution in [0.15, 0.2) is 57.7 Å². The number of fused-ring (bicyclic) bond motifs is 1. The number of Topliss-reactive ketones (excluding diaryl/α,β-unsaturated/α-hetero) is 1. The van der Waals surface area contributed by atoms with Crippen molar-refractivity contribution in [3.63, 3.8) is 0 Å².